The molecule has 0 saturated carbocycles. The summed E-state index contributed by atoms with van der Waals surface area (Å²) in [5.41, 5.74) is 8.21. The van der Waals surface area contributed by atoms with E-state index in [-0.39, 0.29) is 0 Å². The molecule has 1 atom stereocenters. The van der Waals surface area contributed by atoms with E-state index in [1.54, 1.807) is 6.33 Å². The molecule has 1 aromatic rings. The Morgan fingerprint density at radius 3 is 2.92 bits per heavy atom. The molecule has 0 aliphatic heterocycles. The average Bonchev–Trinajstić information content (AvgIpc) is 2.49. The number of nitrogen functional groups attached to an aromatic ring is 1. The number of hydrogen-bond acceptors (Lipinski definition) is 3. The summed E-state index contributed by atoms with van der Waals surface area (Å²) in [6.45, 7) is 4.46. The molecular formula is C10H15N3. The van der Waals surface area contributed by atoms with Crippen LogP contribution in [0.4, 0.5) is 5.82 Å². The Balaban J connectivity index is 2.46. The summed E-state index contributed by atoms with van der Waals surface area (Å²) in [6.07, 6.45) is 3.80. The normalized spacial score (nSPS) is 20.7. The molecule has 0 radical (unpaired) electrons. The van der Waals surface area contributed by atoms with Crippen LogP contribution in [0.15, 0.2) is 6.33 Å². The molecule has 2 rings (SSSR count). The lowest BCUT2D eigenvalue weighted by atomic mass is 9.91. The van der Waals surface area contributed by atoms with Crippen LogP contribution in [0.1, 0.15) is 37.4 Å². The molecule has 3 heteroatoms. The SMILES string of the molecule is CC(C)C1CCc2ncnc(N)c21. The van der Waals surface area contributed by atoms with Gasteiger partial charge in [-0.1, -0.05) is 13.8 Å². The molecule has 2 N–H and O–H groups in total. The van der Waals surface area contributed by atoms with Crippen LogP contribution in [0.2, 0.25) is 0 Å². The van der Waals surface area contributed by atoms with Crippen LogP contribution in [0.5, 0.6) is 0 Å². The zero-order valence-electron chi connectivity index (χ0n) is 8.12. The van der Waals surface area contributed by atoms with Crippen LogP contribution < -0.4 is 5.73 Å². The van der Waals surface area contributed by atoms with Crippen molar-refractivity contribution in [2.75, 3.05) is 5.73 Å². The molecule has 0 spiro atoms. The van der Waals surface area contributed by atoms with Crippen molar-refractivity contribution in [2.24, 2.45) is 5.92 Å². The fraction of sp³-hybridized carbons (Fsp3) is 0.600. The second-order valence-electron chi connectivity index (χ2n) is 4.01. The van der Waals surface area contributed by atoms with E-state index in [0.29, 0.717) is 17.7 Å². The van der Waals surface area contributed by atoms with Gasteiger partial charge in [0.2, 0.25) is 0 Å². The van der Waals surface area contributed by atoms with Gasteiger partial charge >= 0.3 is 0 Å². The van der Waals surface area contributed by atoms with Crippen LogP contribution in [0.25, 0.3) is 0 Å². The van der Waals surface area contributed by atoms with Crippen molar-refractivity contribution >= 4 is 5.82 Å². The molecule has 0 amide bonds. The van der Waals surface area contributed by atoms with E-state index in [0.717, 1.165) is 12.1 Å². The zero-order chi connectivity index (χ0) is 9.42. The Kier molecular flexibility index (Phi) is 1.94. The number of hydrogen-bond donors (Lipinski definition) is 1. The Bertz CT molecular complexity index is 320. The molecule has 0 fully saturated rings. The Labute approximate surface area is 78.4 Å². The molecule has 70 valence electrons. The van der Waals surface area contributed by atoms with Crippen LogP contribution in [-0.4, -0.2) is 9.97 Å². The molecule has 0 bridgehead atoms. The third kappa shape index (κ3) is 1.28. The van der Waals surface area contributed by atoms with E-state index in [9.17, 15) is 0 Å². The summed E-state index contributed by atoms with van der Waals surface area (Å²) >= 11 is 0. The zero-order valence-corrected chi connectivity index (χ0v) is 8.12. The maximum absolute atomic E-state index is 5.85. The number of rotatable bonds is 1. The number of aromatic nitrogens is 2. The fourth-order valence-corrected chi connectivity index (χ4v) is 2.15. The first-order chi connectivity index (χ1) is 6.20. The van der Waals surface area contributed by atoms with E-state index in [1.165, 1.54) is 12.0 Å². The van der Waals surface area contributed by atoms with Crippen LogP contribution in [-0.2, 0) is 6.42 Å². The lowest BCUT2D eigenvalue weighted by Gasteiger charge is -2.15. The van der Waals surface area contributed by atoms with E-state index in [1.807, 2.05) is 0 Å². The molecule has 0 saturated heterocycles. The first-order valence-electron chi connectivity index (χ1n) is 4.79. The first-order valence-corrected chi connectivity index (χ1v) is 4.79. The van der Waals surface area contributed by atoms with Crippen molar-refractivity contribution < 1.29 is 0 Å². The highest BCUT2D eigenvalue weighted by Crippen LogP contribution is 2.39. The largest absolute Gasteiger partial charge is 0.383 e. The summed E-state index contributed by atoms with van der Waals surface area (Å²) in [6, 6.07) is 0. The summed E-state index contributed by atoms with van der Waals surface area (Å²) in [5, 5.41) is 0. The Morgan fingerprint density at radius 2 is 2.23 bits per heavy atom. The van der Waals surface area contributed by atoms with Crippen LogP contribution in [0, 0.1) is 5.92 Å². The number of nitrogens with two attached hydrogens (primary N) is 1. The maximum Gasteiger partial charge on any atom is 0.130 e. The predicted octanol–water partition coefficient (Wildman–Crippen LogP) is 1.74. The van der Waals surface area contributed by atoms with Gasteiger partial charge in [-0.2, -0.15) is 0 Å². The van der Waals surface area contributed by atoms with Gasteiger partial charge in [-0.15, -0.1) is 0 Å². The van der Waals surface area contributed by atoms with Gasteiger partial charge in [-0.3, -0.25) is 0 Å². The Morgan fingerprint density at radius 1 is 1.46 bits per heavy atom. The third-order valence-electron chi connectivity index (χ3n) is 2.86. The van der Waals surface area contributed by atoms with E-state index >= 15 is 0 Å². The predicted molar refractivity (Wildman–Crippen MR) is 52.3 cm³/mol. The summed E-state index contributed by atoms with van der Waals surface area (Å²) < 4.78 is 0. The standard InChI is InChI=1S/C10H15N3/c1-6(2)7-3-4-8-9(7)10(11)13-5-12-8/h5-7H,3-4H2,1-2H3,(H2,11,12,13). The minimum atomic E-state index is 0.566. The van der Waals surface area contributed by atoms with E-state index < -0.39 is 0 Å². The highest BCUT2D eigenvalue weighted by atomic mass is 14.9. The number of aryl methyl sites for hydroxylation is 1. The van der Waals surface area contributed by atoms with E-state index in [2.05, 4.69) is 23.8 Å². The van der Waals surface area contributed by atoms with Crippen molar-refractivity contribution in [1.29, 1.82) is 0 Å². The molecular weight excluding hydrogens is 162 g/mol. The minimum absolute atomic E-state index is 0.566. The fourth-order valence-electron chi connectivity index (χ4n) is 2.15. The molecule has 1 aliphatic rings. The quantitative estimate of drug-likeness (QED) is 0.711. The number of nitrogens with zero attached hydrogens (tertiary/aromatic N) is 2. The van der Waals surface area contributed by atoms with Crippen molar-refractivity contribution in [3.05, 3.63) is 17.6 Å². The molecule has 1 aliphatic carbocycles. The lowest BCUT2D eigenvalue weighted by molar-refractivity contribution is 0.496. The van der Waals surface area contributed by atoms with Crippen LogP contribution in [0.3, 0.4) is 0 Å². The maximum atomic E-state index is 5.85. The van der Waals surface area contributed by atoms with Gasteiger partial charge in [-0.25, -0.2) is 9.97 Å². The first kappa shape index (κ1) is 8.48. The molecule has 1 aromatic heterocycles. The average molecular weight is 177 g/mol. The van der Waals surface area contributed by atoms with Gasteiger partial charge in [0, 0.05) is 11.3 Å². The third-order valence-corrected chi connectivity index (χ3v) is 2.86. The summed E-state index contributed by atoms with van der Waals surface area (Å²) in [7, 11) is 0. The van der Waals surface area contributed by atoms with Gasteiger partial charge in [0.25, 0.3) is 0 Å². The van der Waals surface area contributed by atoms with Crippen molar-refractivity contribution in [3.8, 4) is 0 Å². The molecule has 13 heavy (non-hydrogen) atoms. The molecule has 1 unspecified atom stereocenters. The molecule has 0 aromatic carbocycles. The molecule has 3 nitrogen and oxygen atoms in total. The summed E-state index contributed by atoms with van der Waals surface area (Å²) in [4.78, 5) is 8.31. The monoisotopic (exact) mass is 177 g/mol. The summed E-state index contributed by atoms with van der Waals surface area (Å²) in [5.74, 6) is 1.88. The second kappa shape index (κ2) is 2.98. The number of fused-ring (bicyclic) bond motifs is 1. The van der Waals surface area contributed by atoms with Crippen molar-refractivity contribution in [3.63, 3.8) is 0 Å². The van der Waals surface area contributed by atoms with Crippen molar-refractivity contribution in [1.82, 2.24) is 9.97 Å². The van der Waals surface area contributed by atoms with E-state index in [4.69, 9.17) is 5.73 Å². The van der Waals surface area contributed by atoms with Gasteiger partial charge in [-0.05, 0) is 24.7 Å². The second-order valence-corrected chi connectivity index (χ2v) is 4.01. The van der Waals surface area contributed by atoms with Gasteiger partial charge in [0.1, 0.15) is 12.1 Å². The van der Waals surface area contributed by atoms with Crippen molar-refractivity contribution in [2.45, 2.75) is 32.6 Å². The smallest absolute Gasteiger partial charge is 0.130 e. The van der Waals surface area contributed by atoms with Gasteiger partial charge in [0.15, 0.2) is 0 Å². The van der Waals surface area contributed by atoms with Crippen LogP contribution >= 0.6 is 0 Å². The lowest BCUT2D eigenvalue weighted by Crippen LogP contribution is -2.07. The minimum Gasteiger partial charge on any atom is -0.383 e. The van der Waals surface area contributed by atoms with Gasteiger partial charge in [0.05, 0.1) is 0 Å². The highest BCUT2D eigenvalue weighted by molar-refractivity contribution is 5.46. The topological polar surface area (TPSA) is 51.8 Å². The number of anilines is 1. The van der Waals surface area contributed by atoms with Gasteiger partial charge < -0.3 is 5.73 Å². The Hall–Kier alpha value is -1.12. The molecule has 1 heterocycles. The highest BCUT2D eigenvalue weighted by Gasteiger charge is 2.28.